The van der Waals surface area contributed by atoms with Gasteiger partial charge in [-0.2, -0.15) is 0 Å². The predicted molar refractivity (Wildman–Crippen MR) is 79.7 cm³/mol. The fraction of sp³-hybridized carbons (Fsp3) is 0.462. The van der Waals surface area contributed by atoms with E-state index in [1.54, 1.807) is 23.7 Å². The van der Waals surface area contributed by atoms with E-state index in [0.29, 0.717) is 30.1 Å². The summed E-state index contributed by atoms with van der Waals surface area (Å²) in [5.41, 5.74) is 0.925. The molecule has 7 nitrogen and oxygen atoms in total. The molecule has 1 saturated heterocycles. The Morgan fingerprint density at radius 2 is 2.14 bits per heavy atom. The van der Waals surface area contributed by atoms with Gasteiger partial charge in [0.05, 0.1) is 19.8 Å². The third-order valence-corrected chi connectivity index (χ3v) is 3.57. The number of hydrogen-bond donors (Lipinski definition) is 0. The lowest BCUT2D eigenvalue weighted by Crippen LogP contribution is -2.37. The zero-order chi connectivity index (χ0) is 14.8. The van der Waals surface area contributed by atoms with Crippen LogP contribution in [0.4, 0.5) is 5.82 Å². The zero-order valence-electron chi connectivity index (χ0n) is 11.6. The van der Waals surface area contributed by atoms with Crippen LogP contribution >= 0.6 is 15.9 Å². The van der Waals surface area contributed by atoms with Gasteiger partial charge in [0.15, 0.2) is 17.2 Å². The minimum atomic E-state index is -0.426. The quantitative estimate of drug-likeness (QED) is 0.778. The van der Waals surface area contributed by atoms with Crippen LogP contribution in [0.1, 0.15) is 17.4 Å². The summed E-state index contributed by atoms with van der Waals surface area (Å²) in [7, 11) is 0. The van der Waals surface area contributed by atoms with Gasteiger partial charge in [0.2, 0.25) is 0 Å². The van der Waals surface area contributed by atoms with Crippen molar-refractivity contribution in [3.05, 3.63) is 22.7 Å². The van der Waals surface area contributed by atoms with Gasteiger partial charge in [-0.05, 0) is 22.9 Å². The lowest BCUT2D eigenvalue weighted by atomic mass is 10.4. The summed E-state index contributed by atoms with van der Waals surface area (Å²) in [5.74, 6) is 0.313. The first-order valence-electron chi connectivity index (χ1n) is 6.74. The van der Waals surface area contributed by atoms with E-state index in [-0.39, 0.29) is 5.69 Å². The van der Waals surface area contributed by atoms with Crippen LogP contribution in [0.25, 0.3) is 5.65 Å². The number of halogens is 1. The van der Waals surface area contributed by atoms with Gasteiger partial charge in [-0.1, -0.05) is 0 Å². The largest absolute Gasteiger partial charge is 0.461 e. The Bertz CT molecular complexity index is 667. The van der Waals surface area contributed by atoms with Crippen molar-refractivity contribution in [1.82, 2.24) is 14.4 Å². The maximum atomic E-state index is 11.8. The number of imidazole rings is 1. The molecule has 3 heterocycles. The van der Waals surface area contributed by atoms with Crippen molar-refractivity contribution < 1.29 is 14.3 Å². The van der Waals surface area contributed by atoms with E-state index in [9.17, 15) is 4.79 Å². The Hall–Kier alpha value is -1.67. The maximum absolute atomic E-state index is 11.8. The van der Waals surface area contributed by atoms with Crippen LogP contribution in [0.5, 0.6) is 0 Å². The molecular formula is C13H15BrN4O3. The molecule has 3 rings (SSSR count). The highest BCUT2D eigenvalue weighted by molar-refractivity contribution is 9.10. The number of fused-ring (bicyclic) bond motifs is 1. The molecule has 0 spiro atoms. The average molecular weight is 355 g/mol. The molecule has 21 heavy (non-hydrogen) atoms. The van der Waals surface area contributed by atoms with E-state index in [1.165, 1.54) is 0 Å². The van der Waals surface area contributed by atoms with Crippen molar-refractivity contribution in [2.24, 2.45) is 0 Å². The molecule has 8 heteroatoms. The summed E-state index contributed by atoms with van der Waals surface area (Å²) in [6.45, 7) is 4.91. The second kappa shape index (κ2) is 5.98. The molecule has 2 aromatic heterocycles. The zero-order valence-corrected chi connectivity index (χ0v) is 13.2. The maximum Gasteiger partial charge on any atom is 0.358 e. The molecular weight excluding hydrogens is 340 g/mol. The Morgan fingerprint density at radius 3 is 2.86 bits per heavy atom. The molecule has 0 aromatic carbocycles. The SMILES string of the molecule is CCOC(=O)c1cn2cc(Br)nc(N3CCOCC3)c2n1. The highest BCUT2D eigenvalue weighted by Gasteiger charge is 2.20. The number of carbonyl (C=O) groups excluding carboxylic acids is 1. The number of anilines is 1. The topological polar surface area (TPSA) is 69.0 Å². The minimum absolute atomic E-state index is 0.284. The average Bonchev–Trinajstić information content (AvgIpc) is 2.91. The molecule has 0 saturated carbocycles. The first-order valence-corrected chi connectivity index (χ1v) is 7.53. The predicted octanol–water partition coefficient (Wildman–Crippen LogP) is 1.51. The summed E-state index contributed by atoms with van der Waals surface area (Å²) in [6, 6.07) is 0. The molecule has 1 aliphatic rings. The van der Waals surface area contributed by atoms with Crippen LogP contribution < -0.4 is 4.90 Å². The molecule has 112 valence electrons. The molecule has 1 aliphatic heterocycles. The number of nitrogens with zero attached hydrogens (tertiary/aromatic N) is 4. The molecule has 1 fully saturated rings. The van der Waals surface area contributed by atoms with Crippen molar-refractivity contribution >= 4 is 33.4 Å². The smallest absolute Gasteiger partial charge is 0.358 e. The Balaban J connectivity index is 2.04. The molecule has 0 amide bonds. The summed E-state index contributed by atoms with van der Waals surface area (Å²) in [4.78, 5) is 22.8. The standard InChI is InChI=1S/C13H15BrN4O3/c1-2-21-13(19)9-7-18-8-10(14)16-12(11(18)15-9)17-3-5-20-6-4-17/h7-8H,2-6H2,1H3. The third-order valence-electron chi connectivity index (χ3n) is 3.19. The molecule has 0 bridgehead atoms. The van der Waals surface area contributed by atoms with Crippen molar-refractivity contribution in [2.45, 2.75) is 6.92 Å². The van der Waals surface area contributed by atoms with Gasteiger partial charge in [-0.25, -0.2) is 14.8 Å². The summed E-state index contributed by atoms with van der Waals surface area (Å²) in [5, 5.41) is 0. The number of rotatable bonds is 3. The number of ether oxygens (including phenoxy) is 2. The normalized spacial score (nSPS) is 15.4. The molecule has 0 atom stereocenters. The van der Waals surface area contributed by atoms with E-state index in [1.807, 2.05) is 0 Å². The van der Waals surface area contributed by atoms with Gasteiger partial charge in [0, 0.05) is 25.5 Å². The highest BCUT2D eigenvalue weighted by Crippen LogP contribution is 2.23. The Morgan fingerprint density at radius 1 is 1.38 bits per heavy atom. The summed E-state index contributed by atoms with van der Waals surface area (Å²) < 4.78 is 12.8. The molecule has 0 radical (unpaired) electrons. The van der Waals surface area contributed by atoms with Crippen molar-refractivity contribution in [1.29, 1.82) is 0 Å². The Kier molecular flexibility index (Phi) is 4.07. The van der Waals surface area contributed by atoms with Gasteiger partial charge in [-0.15, -0.1) is 0 Å². The van der Waals surface area contributed by atoms with Gasteiger partial charge in [0.25, 0.3) is 0 Å². The van der Waals surface area contributed by atoms with Crippen LogP contribution in [0.2, 0.25) is 0 Å². The van der Waals surface area contributed by atoms with E-state index in [2.05, 4.69) is 30.8 Å². The van der Waals surface area contributed by atoms with Crippen LogP contribution in [0.15, 0.2) is 17.0 Å². The highest BCUT2D eigenvalue weighted by atomic mass is 79.9. The lowest BCUT2D eigenvalue weighted by Gasteiger charge is -2.27. The van der Waals surface area contributed by atoms with Gasteiger partial charge in [-0.3, -0.25) is 0 Å². The fourth-order valence-electron chi connectivity index (χ4n) is 2.24. The first kappa shape index (κ1) is 14.3. The number of esters is 1. The van der Waals surface area contributed by atoms with E-state index in [0.717, 1.165) is 18.9 Å². The molecule has 0 unspecified atom stereocenters. The molecule has 2 aromatic rings. The van der Waals surface area contributed by atoms with Crippen molar-refractivity contribution in [2.75, 3.05) is 37.8 Å². The van der Waals surface area contributed by atoms with E-state index >= 15 is 0 Å². The van der Waals surface area contributed by atoms with Crippen molar-refractivity contribution in [3.8, 4) is 0 Å². The summed E-state index contributed by atoms with van der Waals surface area (Å²) in [6.07, 6.45) is 3.43. The van der Waals surface area contributed by atoms with Crippen LogP contribution in [-0.2, 0) is 9.47 Å². The van der Waals surface area contributed by atoms with Gasteiger partial charge in [0.1, 0.15) is 4.60 Å². The number of aromatic nitrogens is 3. The van der Waals surface area contributed by atoms with E-state index < -0.39 is 5.97 Å². The minimum Gasteiger partial charge on any atom is -0.461 e. The van der Waals surface area contributed by atoms with Crippen molar-refractivity contribution in [3.63, 3.8) is 0 Å². The number of carbonyl (C=O) groups is 1. The second-order valence-corrected chi connectivity index (χ2v) is 5.38. The molecule has 0 N–H and O–H groups in total. The number of hydrogen-bond acceptors (Lipinski definition) is 6. The van der Waals surface area contributed by atoms with Crippen LogP contribution in [0, 0.1) is 0 Å². The van der Waals surface area contributed by atoms with Gasteiger partial charge < -0.3 is 18.8 Å². The second-order valence-electron chi connectivity index (χ2n) is 4.56. The lowest BCUT2D eigenvalue weighted by molar-refractivity contribution is 0.0520. The van der Waals surface area contributed by atoms with Gasteiger partial charge >= 0.3 is 5.97 Å². The monoisotopic (exact) mass is 354 g/mol. The third kappa shape index (κ3) is 2.86. The first-order chi connectivity index (χ1) is 10.2. The van der Waals surface area contributed by atoms with Crippen LogP contribution in [0.3, 0.4) is 0 Å². The fourth-order valence-corrected chi connectivity index (χ4v) is 2.63. The van der Waals surface area contributed by atoms with Crippen LogP contribution in [-0.4, -0.2) is 53.2 Å². The number of morpholine rings is 1. The molecule has 0 aliphatic carbocycles. The Labute approximate surface area is 130 Å². The van der Waals surface area contributed by atoms with E-state index in [4.69, 9.17) is 9.47 Å². The summed E-state index contributed by atoms with van der Waals surface area (Å²) >= 11 is 3.39.